The van der Waals surface area contributed by atoms with Crippen molar-refractivity contribution in [2.45, 2.75) is 56.2 Å². The first-order valence-electron chi connectivity index (χ1n) is 10.1. The molecule has 1 heterocycles. The van der Waals surface area contributed by atoms with Crippen molar-refractivity contribution in [1.82, 2.24) is 0 Å². The average molecular weight is 414 g/mol. The fourth-order valence-electron chi connectivity index (χ4n) is 4.43. The van der Waals surface area contributed by atoms with Gasteiger partial charge >= 0.3 is 0 Å². The molecule has 1 fully saturated rings. The molecule has 2 aromatic carbocycles. The number of benzene rings is 2. The standard InChI is InChI=1S/C24H27FO5/c1-24(2,16-9-13-5-3-4-6-14(13)10-16)17-11-15(7-8-18(17)25)23-22(29)21(28)20(27)19(12-26)30-23/h3-9,11,19-23,26-29H,10,12H2,1-2H3/t19-,20-,21+,22-,23+/m1/s1. The highest BCUT2D eigenvalue weighted by Gasteiger charge is 2.44. The van der Waals surface area contributed by atoms with Gasteiger partial charge in [0.25, 0.3) is 0 Å². The predicted octanol–water partition coefficient (Wildman–Crippen LogP) is 2.26. The molecule has 4 N–H and O–H groups in total. The van der Waals surface area contributed by atoms with Crippen LogP contribution in [0.3, 0.4) is 0 Å². The van der Waals surface area contributed by atoms with Gasteiger partial charge in [0.2, 0.25) is 0 Å². The first-order valence-corrected chi connectivity index (χ1v) is 10.1. The van der Waals surface area contributed by atoms with E-state index < -0.39 is 42.5 Å². The van der Waals surface area contributed by atoms with Crippen molar-refractivity contribution in [2.24, 2.45) is 0 Å². The van der Waals surface area contributed by atoms with Gasteiger partial charge in [-0.25, -0.2) is 4.39 Å². The molecular weight excluding hydrogens is 387 g/mol. The minimum absolute atomic E-state index is 0.370. The molecule has 30 heavy (non-hydrogen) atoms. The van der Waals surface area contributed by atoms with Gasteiger partial charge in [-0.2, -0.15) is 0 Å². The first kappa shape index (κ1) is 21.2. The lowest BCUT2D eigenvalue weighted by atomic mass is 9.75. The second-order valence-corrected chi connectivity index (χ2v) is 8.66. The van der Waals surface area contributed by atoms with Crippen molar-refractivity contribution in [3.8, 4) is 0 Å². The van der Waals surface area contributed by atoms with Crippen molar-refractivity contribution in [1.29, 1.82) is 0 Å². The summed E-state index contributed by atoms with van der Waals surface area (Å²) < 4.78 is 20.6. The third-order valence-electron chi connectivity index (χ3n) is 6.45. The highest BCUT2D eigenvalue weighted by atomic mass is 19.1. The van der Waals surface area contributed by atoms with Gasteiger partial charge < -0.3 is 25.2 Å². The van der Waals surface area contributed by atoms with E-state index in [1.54, 1.807) is 6.07 Å². The van der Waals surface area contributed by atoms with E-state index in [0.717, 1.165) is 17.6 Å². The van der Waals surface area contributed by atoms with Crippen molar-refractivity contribution >= 4 is 6.08 Å². The normalized spacial score (nSPS) is 28.9. The van der Waals surface area contributed by atoms with E-state index in [2.05, 4.69) is 12.1 Å². The Morgan fingerprint density at radius 1 is 1.03 bits per heavy atom. The molecule has 6 heteroatoms. The van der Waals surface area contributed by atoms with Crippen LogP contribution < -0.4 is 0 Å². The maximum Gasteiger partial charge on any atom is 0.127 e. The van der Waals surface area contributed by atoms with Crippen LogP contribution in [0.2, 0.25) is 0 Å². The van der Waals surface area contributed by atoms with Crippen LogP contribution in [0.5, 0.6) is 0 Å². The Morgan fingerprint density at radius 3 is 2.47 bits per heavy atom. The summed E-state index contributed by atoms with van der Waals surface area (Å²) in [6.07, 6.45) is -3.50. The van der Waals surface area contributed by atoms with Crippen LogP contribution in [-0.4, -0.2) is 51.4 Å². The molecule has 0 saturated carbocycles. The van der Waals surface area contributed by atoms with Gasteiger partial charge in [-0.1, -0.05) is 55.8 Å². The van der Waals surface area contributed by atoms with Gasteiger partial charge in [-0.15, -0.1) is 0 Å². The smallest absolute Gasteiger partial charge is 0.127 e. The summed E-state index contributed by atoms with van der Waals surface area (Å²) in [7, 11) is 0. The third-order valence-corrected chi connectivity index (χ3v) is 6.45. The Labute approximate surface area is 175 Å². The Kier molecular flexibility index (Phi) is 5.55. The minimum atomic E-state index is -1.48. The number of fused-ring (bicyclic) bond motifs is 1. The molecule has 0 radical (unpaired) electrons. The fraction of sp³-hybridized carbons (Fsp3) is 0.417. The van der Waals surface area contributed by atoms with Crippen LogP contribution in [0.15, 0.2) is 48.0 Å². The lowest BCUT2D eigenvalue weighted by Gasteiger charge is -2.40. The van der Waals surface area contributed by atoms with E-state index in [0.29, 0.717) is 11.1 Å². The molecule has 0 amide bonds. The fourth-order valence-corrected chi connectivity index (χ4v) is 4.43. The number of hydrogen-bond donors (Lipinski definition) is 4. The minimum Gasteiger partial charge on any atom is -0.394 e. The van der Waals surface area contributed by atoms with Crippen LogP contribution in [0.4, 0.5) is 4.39 Å². The quantitative estimate of drug-likeness (QED) is 0.616. The zero-order chi connectivity index (χ0) is 21.6. The van der Waals surface area contributed by atoms with Crippen LogP contribution in [0.1, 0.15) is 42.2 Å². The lowest BCUT2D eigenvalue weighted by Crippen LogP contribution is -2.55. The van der Waals surface area contributed by atoms with Crippen molar-refractivity contribution < 1.29 is 29.6 Å². The zero-order valence-electron chi connectivity index (χ0n) is 17.0. The number of aliphatic hydroxyl groups excluding tert-OH is 4. The second-order valence-electron chi connectivity index (χ2n) is 8.66. The summed E-state index contributed by atoms with van der Waals surface area (Å²) in [6, 6.07) is 12.5. The largest absolute Gasteiger partial charge is 0.394 e. The molecule has 2 aliphatic rings. The third kappa shape index (κ3) is 3.49. The summed E-state index contributed by atoms with van der Waals surface area (Å²) in [5.74, 6) is -0.370. The van der Waals surface area contributed by atoms with Crippen LogP contribution >= 0.6 is 0 Å². The zero-order valence-corrected chi connectivity index (χ0v) is 17.0. The van der Waals surface area contributed by atoms with Gasteiger partial charge in [0.05, 0.1) is 6.61 Å². The van der Waals surface area contributed by atoms with E-state index in [1.165, 1.54) is 17.7 Å². The molecule has 160 valence electrons. The number of allylic oxidation sites excluding steroid dienone is 1. The summed E-state index contributed by atoms with van der Waals surface area (Å²) in [5, 5.41) is 40.0. The molecule has 1 saturated heterocycles. The second kappa shape index (κ2) is 7.87. The van der Waals surface area contributed by atoms with Gasteiger partial charge in [0.15, 0.2) is 0 Å². The van der Waals surface area contributed by atoms with Gasteiger partial charge in [0.1, 0.15) is 36.3 Å². The molecule has 5 nitrogen and oxygen atoms in total. The molecule has 0 aromatic heterocycles. The van der Waals surface area contributed by atoms with E-state index in [9.17, 15) is 24.8 Å². The van der Waals surface area contributed by atoms with Crippen LogP contribution in [0, 0.1) is 5.82 Å². The topological polar surface area (TPSA) is 90.2 Å². The van der Waals surface area contributed by atoms with Crippen LogP contribution in [0.25, 0.3) is 6.08 Å². The maximum absolute atomic E-state index is 14.9. The molecule has 2 aromatic rings. The number of halogens is 1. The predicted molar refractivity (Wildman–Crippen MR) is 110 cm³/mol. The maximum atomic E-state index is 14.9. The number of hydrogen-bond acceptors (Lipinski definition) is 5. The first-order chi connectivity index (χ1) is 14.2. The Bertz CT molecular complexity index is 968. The Hall–Kier alpha value is -2.09. The molecule has 0 spiro atoms. The van der Waals surface area contributed by atoms with Crippen molar-refractivity contribution in [3.05, 3.63) is 76.1 Å². The molecule has 4 rings (SSSR count). The Morgan fingerprint density at radius 2 is 1.77 bits per heavy atom. The molecule has 0 bridgehead atoms. The van der Waals surface area contributed by atoms with Gasteiger partial charge in [0, 0.05) is 5.41 Å². The van der Waals surface area contributed by atoms with E-state index >= 15 is 0 Å². The van der Waals surface area contributed by atoms with E-state index in [1.807, 2.05) is 32.0 Å². The number of ether oxygens (including phenoxy) is 1. The molecular formula is C24H27FO5. The Balaban J connectivity index is 1.69. The number of rotatable bonds is 4. The molecule has 1 aliphatic carbocycles. The van der Waals surface area contributed by atoms with Gasteiger partial charge in [-0.05, 0) is 40.8 Å². The van der Waals surface area contributed by atoms with E-state index in [4.69, 9.17) is 4.74 Å². The van der Waals surface area contributed by atoms with Crippen LogP contribution in [-0.2, 0) is 16.6 Å². The molecule has 0 unspecified atom stereocenters. The SMILES string of the molecule is CC(C)(C1=Cc2ccccc2C1)c1cc([C@@H]2O[C@H](CO)[C@@H](O)[C@H](O)[C@H]2O)ccc1F. The summed E-state index contributed by atoms with van der Waals surface area (Å²) in [4.78, 5) is 0. The lowest BCUT2D eigenvalue weighted by molar-refractivity contribution is -0.231. The highest BCUT2D eigenvalue weighted by molar-refractivity contribution is 5.67. The van der Waals surface area contributed by atoms with Crippen molar-refractivity contribution in [2.75, 3.05) is 6.61 Å². The molecule has 1 aliphatic heterocycles. The van der Waals surface area contributed by atoms with E-state index in [-0.39, 0.29) is 5.82 Å². The van der Waals surface area contributed by atoms with Crippen molar-refractivity contribution in [3.63, 3.8) is 0 Å². The summed E-state index contributed by atoms with van der Waals surface area (Å²) in [5.41, 5.74) is 3.72. The number of aliphatic hydroxyl groups is 4. The van der Waals surface area contributed by atoms with Gasteiger partial charge in [-0.3, -0.25) is 0 Å². The summed E-state index contributed by atoms with van der Waals surface area (Å²) >= 11 is 0. The summed E-state index contributed by atoms with van der Waals surface area (Å²) in [6.45, 7) is 3.41. The molecule has 5 atom stereocenters. The monoisotopic (exact) mass is 414 g/mol. The average Bonchev–Trinajstić information content (AvgIpc) is 3.18. The highest BCUT2D eigenvalue weighted by Crippen LogP contribution is 2.42.